The van der Waals surface area contributed by atoms with Crippen molar-refractivity contribution in [3.8, 4) is 11.3 Å². The number of halogens is 1. The molecular formula is C18H16FN3. The van der Waals surface area contributed by atoms with Crippen molar-refractivity contribution in [1.29, 1.82) is 0 Å². The molecule has 2 heterocycles. The Morgan fingerprint density at radius 3 is 2.50 bits per heavy atom. The summed E-state index contributed by atoms with van der Waals surface area (Å²) < 4.78 is 14.4. The van der Waals surface area contributed by atoms with Crippen LogP contribution in [0.3, 0.4) is 0 Å². The topological polar surface area (TPSA) is 29.0 Å². The number of anilines is 1. The van der Waals surface area contributed by atoms with Crippen LogP contribution in [0.4, 0.5) is 10.1 Å². The Bertz CT molecular complexity index is 811. The first-order chi connectivity index (χ1) is 10.8. The first kappa shape index (κ1) is 13.2. The third-order valence-electron chi connectivity index (χ3n) is 4.13. The lowest BCUT2D eigenvalue weighted by Crippen LogP contribution is -2.19. The zero-order valence-corrected chi connectivity index (χ0v) is 12.2. The molecule has 1 aliphatic rings. The number of hydrogen-bond acceptors (Lipinski definition) is 3. The molecule has 22 heavy (non-hydrogen) atoms. The summed E-state index contributed by atoms with van der Waals surface area (Å²) in [6.07, 6.45) is 4.00. The summed E-state index contributed by atoms with van der Waals surface area (Å²) in [5, 5.41) is 0. The maximum absolute atomic E-state index is 14.4. The molecule has 3 nitrogen and oxygen atoms in total. The summed E-state index contributed by atoms with van der Waals surface area (Å²) >= 11 is 0. The number of rotatable bonds is 2. The highest BCUT2D eigenvalue weighted by atomic mass is 19.1. The maximum Gasteiger partial charge on any atom is 0.148 e. The van der Waals surface area contributed by atoms with Gasteiger partial charge in [0.25, 0.3) is 0 Å². The Balaban J connectivity index is 1.79. The highest BCUT2D eigenvalue weighted by molar-refractivity contribution is 5.81. The maximum atomic E-state index is 14.4. The highest BCUT2D eigenvalue weighted by Gasteiger charge is 2.17. The predicted molar refractivity (Wildman–Crippen MR) is 86.4 cm³/mol. The van der Waals surface area contributed by atoms with Crippen molar-refractivity contribution >= 4 is 16.7 Å². The first-order valence-electron chi connectivity index (χ1n) is 7.58. The van der Waals surface area contributed by atoms with Crippen LogP contribution in [0.15, 0.2) is 48.7 Å². The fourth-order valence-corrected chi connectivity index (χ4v) is 2.97. The second-order valence-corrected chi connectivity index (χ2v) is 5.61. The zero-order chi connectivity index (χ0) is 14.9. The number of benzene rings is 2. The van der Waals surface area contributed by atoms with Crippen molar-refractivity contribution in [2.75, 3.05) is 18.0 Å². The third-order valence-corrected chi connectivity index (χ3v) is 4.13. The van der Waals surface area contributed by atoms with E-state index in [9.17, 15) is 4.39 Å². The van der Waals surface area contributed by atoms with E-state index in [0.29, 0.717) is 11.2 Å². The molecule has 2 aromatic carbocycles. The van der Waals surface area contributed by atoms with Crippen LogP contribution in [0.1, 0.15) is 12.8 Å². The van der Waals surface area contributed by atoms with E-state index in [1.165, 1.54) is 6.07 Å². The standard InChI is InChI=1S/C18H16FN3/c19-14-10-16-15(11-18(14)22-8-4-5-9-22)20-12-17(21-16)13-6-2-1-3-7-13/h1-3,6-7,10-12H,4-5,8-9H2. The van der Waals surface area contributed by atoms with Crippen LogP contribution in [-0.2, 0) is 0 Å². The number of nitrogens with zero attached hydrogens (tertiary/aromatic N) is 3. The molecule has 110 valence electrons. The molecule has 1 fully saturated rings. The molecular weight excluding hydrogens is 277 g/mol. The lowest BCUT2D eigenvalue weighted by molar-refractivity contribution is 0.624. The second-order valence-electron chi connectivity index (χ2n) is 5.61. The fourth-order valence-electron chi connectivity index (χ4n) is 2.97. The second kappa shape index (κ2) is 5.37. The molecule has 1 saturated heterocycles. The van der Waals surface area contributed by atoms with E-state index in [0.717, 1.165) is 42.7 Å². The molecule has 0 amide bonds. The lowest BCUT2D eigenvalue weighted by Gasteiger charge is -2.18. The predicted octanol–water partition coefficient (Wildman–Crippen LogP) is 4.04. The molecule has 0 atom stereocenters. The van der Waals surface area contributed by atoms with E-state index in [4.69, 9.17) is 0 Å². The summed E-state index contributed by atoms with van der Waals surface area (Å²) in [6, 6.07) is 13.1. The van der Waals surface area contributed by atoms with Gasteiger partial charge in [0.15, 0.2) is 0 Å². The molecule has 4 rings (SSSR count). The van der Waals surface area contributed by atoms with Gasteiger partial charge in [0.2, 0.25) is 0 Å². The van der Waals surface area contributed by atoms with Crippen LogP contribution in [0.2, 0.25) is 0 Å². The number of aromatic nitrogens is 2. The molecule has 3 aromatic rings. The van der Waals surface area contributed by atoms with E-state index >= 15 is 0 Å². The molecule has 0 radical (unpaired) electrons. The lowest BCUT2D eigenvalue weighted by atomic mass is 10.1. The van der Waals surface area contributed by atoms with E-state index in [1.807, 2.05) is 36.4 Å². The van der Waals surface area contributed by atoms with Gasteiger partial charge < -0.3 is 4.90 Å². The van der Waals surface area contributed by atoms with Crippen LogP contribution in [0.5, 0.6) is 0 Å². The van der Waals surface area contributed by atoms with Gasteiger partial charge in [-0.05, 0) is 18.9 Å². The average molecular weight is 293 g/mol. The van der Waals surface area contributed by atoms with Gasteiger partial charge in [-0.15, -0.1) is 0 Å². The van der Waals surface area contributed by atoms with Crippen molar-refractivity contribution in [3.63, 3.8) is 0 Å². The van der Waals surface area contributed by atoms with Crippen molar-refractivity contribution in [2.45, 2.75) is 12.8 Å². The van der Waals surface area contributed by atoms with Gasteiger partial charge in [-0.25, -0.2) is 9.37 Å². The molecule has 0 bridgehead atoms. The summed E-state index contributed by atoms with van der Waals surface area (Å²) in [5.74, 6) is -0.214. The fraction of sp³-hybridized carbons (Fsp3) is 0.222. The highest BCUT2D eigenvalue weighted by Crippen LogP contribution is 2.28. The van der Waals surface area contributed by atoms with E-state index in [1.54, 1.807) is 6.20 Å². The normalized spacial score (nSPS) is 14.7. The molecule has 1 aromatic heterocycles. The van der Waals surface area contributed by atoms with Gasteiger partial charge in [0, 0.05) is 24.7 Å². The van der Waals surface area contributed by atoms with E-state index in [2.05, 4.69) is 14.9 Å². The quantitative estimate of drug-likeness (QED) is 0.714. The van der Waals surface area contributed by atoms with Crippen LogP contribution < -0.4 is 4.90 Å². The summed E-state index contributed by atoms with van der Waals surface area (Å²) in [6.45, 7) is 1.83. The number of hydrogen-bond donors (Lipinski definition) is 0. The Kier molecular flexibility index (Phi) is 3.22. The van der Waals surface area contributed by atoms with Crippen LogP contribution >= 0.6 is 0 Å². The third kappa shape index (κ3) is 2.30. The molecule has 1 aliphatic heterocycles. The Labute approximate surface area is 128 Å². The summed E-state index contributed by atoms with van der Waals surface area (Å²) in [5.41, 5.74) is 3.74. The Hall–Kier alpha value is -2.49. The smallest absolute Gasteiger partial charge is 0.148 e. The van der Waals surface area contributed by atoms with Gasteiger partial charge in [0.1, 0.15) is 5.82 Å². The first-order valence-corrected chi connectivity index (χ1v) is 7.58. The van der Waals surface area contributed by atoms with Gasteiger partial charge in [-0.2, -0.15) is 0 Å². The monoisotopic (exact) mass is 293 g/mol. The largest absolute Gasteiger partial charge is 0.369 e. The van der Waals surface area contributed by atoms with Crippen molar-refractivity contribution in [2.24, 2.45) is 0 Å². The molecule has 0 spiro atoms. The number of fused-ring (bicyclic) bond motifs is 1. The van der Waals surface area contributed by atoms with Gasteiger partial charge >= 0.3 is 0 Å². The van der Waals surface area contributed by atoms with Gasteiger partial charge in [0.05, 0.1) is 28.6 Å². The Morgan fingerprint density at radius 2 is 1.73 bits per heavy atom. The van der Waals surface area contributed by atoms with Gasteiger partial charge in [-0.3, -0.25) is 4.98 Å². The molecule has 0 N–H and O–H groups in total. The molecule has 4 heteroatoms. The Morgan fingerprint density at radius 1 is 0.955 bits per heavy atom. The van der Waals surface area contributed by atoms with Crippen molar-refractivity contribution in [1.82, 2.24) is 9.97 Å². The van der Waals surface area contributed by atoms with E-state index < -0.39 is 0 Å². The minimum Gasteiger partial charge on any atom is -0.369 e. The van der Waals surface area contributed by atoms with Crippen molar-refractivity contribution < 1.29 is 4.39 Å². The van der Waals surface area contributed by atoms with Crippen LogP contribution in [0, 0.1) is 5.82 Å². The van der Waals surface area contributed by atoms with Crippen molar-refractivity contribution in [3.05, 3.63) is 54.5 Å². The minimum atomic E-state index is -0.214. The molecule has 0 saturated carbocycles. The average Bonchev–Trinajstić information content (AvgIpc) is 3.09. The molecule has 0 unspecified atom stereocenters. The molecule has 0 aliphatic carbocycles. The van der Waals surface area contributed by atoms with Gasteiger partial charge in [-0.1, -0.05) is 30.3 Å². The SMILES string of the molecule is Fc1cc2nc(-c3ccccc3)cnc2cc1N1CCCC1. The zero-order valence-electron chi connectivity index (χ0n) is 12.2. The van der Waals surface area contributed by atoms with Crippen LogP contribution in [-0.4, -0.2) is 23.1 Å². The van der Waals surface area contributed by atoms with Crippen LogP contribution in [0.25, 0.3) is 22.3 Å². The van der Waals surface area contributed by atoms with E-state index in [-0.39, 0.29) is 5.82 Å². The minimum absolute atomic E-state index is 0.214. The summed E-state index contributed by atoms with van der Waals surface area (Å²) in [7, 11) is 0. The summed E-state index contributed by atoms with van der Waals surface area (Å²) in [4.78, 5) is 11.1.